The van der Waals surface area contributed by atoms with Gasteiger partial charge in [-0.25, -0.2) is 9.97 Å². The Hall–Kier alpha value is -2.06. The maximum atomic E-state index is 5.85. The van der Waals surface area contributed by atoms with Crippen LogP contribution in [0.1, 0.15) is 36.2 Å². The molecule has 1 aliphatic carbocycles. The summed E-state index contributed by atoms with van der Waals surface area (Å²) >= 11 is 0. The highest BCUT2D eigenvalue weighted by atomic mass is 16.5. The van der Waals surface area contributed by atoms with Gasteiger partial charge < -0.3 is 19.9 Å². The minimum Gasteiger partial charge on any atom is -0.384 e. The molecule has 0 unspecified atom stereocenters. The molecule has 2 aromatic heterocycles. The Bertz CT molecular complexity index is 640. The molecular weight excluding hydrogens is 296 g/mol. The summed E-state index contributed by atoms with van der Waals surface area (Å²) in [5, 5.41) is 3.94. The first-order chi connectivity index (χ1) is 11.2. The standard InChI is InChI=1S/C15H22N6O2/c1-21(8-15-19-13(20-23-15)3-4-22-2)14-7-12(17-9-18-14)10-5-11(16)6-10/h7,9-11H,3-6,8,16H2,1-2H3. The molecular formula is C15H22N6O2. The van der Waals surface area contributed by atoms with Gasteiger partial charge in [0.2, 0.25) is 5.89 Å². The molecule has 0 aromatic carbocycles. The van der Waals surface area contributed by atoms with E-state index in [0.717, 1.165) is 24.4 Å². The van der Waals surface area contributed by atoms with Crippen molar-refractivity contribution >= 4 is 5.82 Å². The van der Waals surface area contributed by atoms with E-state index in [1.165, 1.54) is 0 Å². The zero-order valence-corrected chi connectivity index (χ0v) is 13.5. The van der Waals surface area contributed by atoms with E-state index in [0.29, 0.717) is 43.2 Å². The minimum absolute atomic E-state index is 0.306. The van der Waals surface area contributed by atoms with E-state index in [1.54, 1.807) is 13.4 Å². The highest BCUT2D eigenvalue weighted by Crippen LogP contribution is 2.35. The SMILES string of the molecule is COCCc1noc(CN(C)c2cc(C3CC(N)C3)ncn2)n1. The highest BCUT2D eigenvalue weighted by molar-refractivity contribution is 5.39. The Balaban J connectivity index is 1.62. The highest BCUT2D eigenvalue weighted by Gasteiger charge is 2.28. The van der Waals surface area contributed by atoms with Crippen molar-refractivity contribution in [2.24, 2.45) is 5.73 Å². The Labute approximate surface area is 135 Å². The van der Waals surface area contributed by atoms with Crippen molar-refractivity contribution in [2.45, 2.75) is 37.8 Å². The maximum Gasteiger partial charge on any atom is 0.246 e. The van der Waals surface area contributed by atoms with Crippen molar-refractivity contribution in [3.05, 3.63) is 29.8 Å². The monoisotopic (exact) mass is 318 g/mol. The average molecular weight is 318 g/mol. The molecule has 124 valence electrons. The van der Waals surface area contributed by atoms with E-state index >= 15 is 0 Å². The third-order valence-electron chi connectivity index (χ3n) is 4.07. The number of ether oxygens (including phenoxy) is 1. The van der Waals surface area contributed by atoms with E-state index < -0.39 is 0 Å². The van der Waals surface area contributed by atoms with Gasteiger partial charge in [-0.15, -0.1) is 0 Å². The van der Waals surface area contributed by atoms with Gasteiger partial charge in [-0.1, -0.05) is 5.16 Å². The fourth-order valence-electron chi connectivity index (χ4n) is 2.63. The van der Waals surface area contributed by atoms with Crippen LogP contribution in [-0.4, -0.2) is 46.9 Å². The van der Waals surface area contributed by atoms with Crippen LogP contribution in [0.15, 0.2) is 16.9 Å². The molecule has 0 aliphatic heterocycles. The molecule has 2 aromatic rings. The Morgan fingerprint density at radius 2 is 2.22 bits per heavy atom. The van der Waals surface area contributed by atoms with Crippen LogP contribution in [0.25, 0.3) is 0 Å². The maximum absolute atomic E-state index is 5.85. The van der Waals surface area contributed by atoms with Gasteiger partial charge in [0.1, 0.15) is 12.1 Å². The summed E-state index contributed by atoms with van der Waals surface area (Å²) in [6, 6.07) is 2.32. The fraction of sp³-hybridized carbons (Fsp3) is 0.600. The second-order valence-corrected chi connectivity index (χ2v) is 5.93. The number of methoxy groups -OCH3 is 1. The zero-order chi connectivity index (χ0) is 16.2. The van der Waals surface area contributed by atoms with Gasteiger partial charge in [0.25, 0.3) is 0 Å². The van der Waals surface area contributed by atoms with Crippen molar-refractivity contribution in [1.82, 2.24) is 20.1 Å². The summed E-state index contributed by atoms with van der Waals surface area (Å²) in [4.78, 5) is 15.0. The molecule has 3 rings (SSSR count). The van der Waals surface area contributed by atoms with Crippen LogP contribution in [0, 0.1) is 0 Å². The van der Waals surface area contributed by atoms with E-state index in [4.69, 9.17) is 15.0 Å². The molecule has 0 radical (unpaired) electrons. The van der Waals surface area contributed by atoms with E-state index in [-0.39, 0.29) is 0 Å². The molecule has 0 atom stereocenters. The lowest BCUT2D eigenvalue weighted by atomic mass is 9.78. The van der Waals surface area contributed by atoms with Crippen LogP contribution >= 0.6 is 0 Å². The second-order valence-electron chi connectivity index (χ2n) is 5.93. The van der Waals surface area contributed by atoms with Crippen LogP contribution in [0.5, 0.6) is 0 Å². The Morgan fingerprint density at radius 3 is 2.96 bits per heavy atom. The topological polar surface area (TPSA) is 103 Å². The summed E-state index contributed by atoms with van der Waals surface area (Å²) in [6.07, 6.45) is 4.23. The van der Waals surface area contributed by atoms with Crippen molar-refractivity contribution in [3.8, 4) is 0 Å². The molecule has 0 bridgehead atoms. The predicted octanol–water partition coefficient (Wildman–Crippen LogP) is 0.890. The molecule has 23 heavy (non-hydrogen) atoms. The minimum atomic E-state index is 0.306. The number of nitrogens with two attached hydrogens (primary N) is 1. The molecule has 8 heteroatoms. The fourth-order valence-corrected chi connectivity index (χ4v) is 2.63. The number of hydrogen-bond acceptors (Lipinski definition) is 8. The Morgan fingerprint density at radius 1 is 1.39 bits per heavy atom. The quantitative estimate of drug-likeness (QED) is 0.803. The molecule has 2 N–H and O–H groups in total. The number of rotatable bonds is 7. The van der Waals surface area contributed by atoms with Crippen LogP contribution in [0.2, 0.25) is 0 Å². The molecule has 2 heterocycles. The first-order valence-corrected chi connectivity index (χ1v) is 7.74. The Kier molecular flexibility index (Phi) is 4.82. The van der Waals surface area contributed by atoms with Gasteiger partial charge in [0.05, 0.1) is 13.2 Å². The predicted molar refractivity (Wildman–Crippen MR) is 84.0 cm³/mol. The lowest BCUT2D eigenvalue weighted by Crippen LogP contribution is -2.35. The van der Waals surface area contributed by atoms with E-state index in [2.05, 4.69) is 20.1 Å². The molecule has 1 saturated carbocycles. The number of anilines is 1. The third-order valence-corrected chi connectivity index (χ3v) is 4.07. The molecule has 0 amide bonds. The average Bonchev–Trinajstić information content (AvgIpc) is 2.97. The number of aromatic nitrogens is 4. The van der Waals surface area contributed by atoms with Crippen LogP contribution < -0.4 is 10.6 Å². The van der Waals surface area contributed by atoms with E-state index in [9.17, 15) is 0 Å². The molecule has 1 aliphatic rings. The second kappa shape index (κ2) is 7.01. The summed E-state index contributed by atoms with van der Waals surface area (Å²) in [6.45, 7) is 1.08. The molecule has 1 fully saturated rings. The molecule has 0 spiro atoms. The zero-order valence-electron chi connectivity index (χ0n) is 13.5. The summed E-state index contributed by atoms with van der Waals surface area (Å²) in [5.41, 5.74) is 6.90. The lowest BCUT2D eigenvalue weighted by molar-refractivity contribution is 0.199. The van der Waals surface area contributed by atoms with Crippen LogP contribution in [0.4, 0.5) is 5.82 Å². The van der Waals surface area contributed by atoms with Crippen molar-refractivity contribution < 1.29 is 9.26 Å². The largest absolute Gasteiger partial charge is 0.384 e. The first kappa shape index (κ1) is 15.8. The normalized spacial score (nSPS) is 20.3. The smallest absolute Gasteiger partial charge is 0.246 e. The summed E-state index contributed by atoms with van der Waals surface area (Å²) in [5.74, 6) is 2.50. The van der Waals surface area contributed by atoms with Gasteiger partial charge in [-0.2, -0.15) is 4.98 Å². The molecule has 8 nitrogen and oxygen atoms in total. The van der Waals surface area contributed by atoms with Gasteiger partial charge in [-0.3, -0.25) is 0 Å². The van der Waals surface area contributed by atoms with Gasteiger partial charge >= 0.3 is 0 Å². The number of hydrogen-bond donors (Lipinski definition) is 1. The van der Waals surface area contributed by atoms with Gasteiger partial charge in [-0.05, 0) is 12.8 Å². The van der Waals surface area contributed by atoms with Gasteiger partial charge in [0.15, 0.2) is 5.82 Å². The van der Waals surface area contributed by atoms with E-state index in [1.807, 2.05) is 18.0 Å². The lowest BCUT2D eigenvalue weighted by Gasteiger charge is -2.32. The van der Waals surface area contributed by atoms with Crippen molar-refractivity contribution in [2.75, 3.05) is 25.7 Å². The van der Waals surface area contributed by atoms with Gasteiger partial charge in [0, 0.05) is 44.3 Å². The number of nitrogens with zero attached hydrogens (tertiary/aromatic N) is 5. The molecule has 0 saturated heterocycles. The summed E-state index contributed by atoms with van der Waals surface area (Å²) in [7, 11) is 3.59. The third kappa shape index (κ3) is 3.83. The van der Waals surface area contributed by atoms with Crippen LogP contribution in [-0.2, 0) is 17.7 Å². The van der Waals surface area contributed by atoms with Crippen LogP contribution in [0.3, 0.4) is 0 Å². The first-order valence-electron chi connectivity index (χ1n) is 7.74. The van der Waals surface area contributed by atoms with Crippen molar-refractivity contribution in [1.29, 1.82) is 0 Å². The summed E-state index contributed by atoms with van der Waals surface area (Å²) < 4.78 is 10.3. The van der Waals surface area contributed by atoms with Crippen molar-refractivity contribution in [3.63, 3.8) is 0 Å².